The predicted molar refractivity (Wildman–Crippen MR) is 81.7 cm³/mol. The van der Waals surface area contributed by atoms with Gasteiger partial charge in [0.15, 0.2) is 5.82 Å². The van der Waals surface area contributed by atoms with Crippen LogP contribution in [-0.4, -0.2) is 0 Å². The molecule has 0 amide bonds. The van der Waals surface area contributed by atoms with Gasteiger partial charge in [-0.25, -0.2) is 8.78 Å². The Kier molecular flexibility index (Phi) is 4.11. The van der Waals surface area contributed by atoms with Crippen LogP contribution >= 0.6 is 11.6 Å². The summed E-state index contributed by atoms with van der Waals surface area (Å²) < 4.78 is 27.1. The maximum Gasteiger partial charge on any atom is 0.150 e. The second-order valence-electron chi connectivity index (χ2n) is 5.39. The lowest BCUT2D eigenvalue weighted by atomic mass is 9.99. The van der Waals surface area contributed by atoms with Crippen LogP contribution in [0.5, 0.6) is 0 Å². The normalized spacial score (nSPS) is 18.0. The van der Waals surface area contributed by atoms with Crippen LogP contribution in [0.2, 0.25) is 5.02 Å². The molecule has 1 unspecified atom stereocenters. The van der Waals surface area contributed by atoms with Crippen LogP contribution < -0.4 is 5.32 Å². The highest BCUT2D eigenvalue weighted by atomic mass is 35.5. The van der Waals surface area contributed by atoms with Gasteiger partial charge in [0.1, 0.15) is 5.82 Å². The van der Waals surface area contributed by atoms with Gasteiger partial charge in [0.05, 0.1) is 16.8 Å². The van der Waals surface area contributed by atoms with Crippen LogP contribution in [-0.2, 0) is 6.42 Å². The van der Waals surface area contributed by atoms with E-state index in [1.165, 1.54) is 11.1 Å². The Morgan fingerprint density at radius 2 is 1.90 bits per heavy atom. The second kappa shape index (κ2) is 6.02. The molecule has 0 aliphatic heterocycles. The molecule has 0 radical (unpaired) electrons. The Balaban J connectivity index is 1.95. The number of hydrogen-bond donors (Lipinski definition) is 1. The fraction of sp³-hybridized carbons (Fsp3) is 0.294. The van der Waals surface area contributed by atoms with Crippen molar-refractivity contribution in [2.45, 2.75) is 31.7 Å². The monoisotopic (exact) mass is 307 g/mol. The molecule has 21 heavy (non-hydrogen) atoms. The van der Waals surface area contributed by atoms with Gasteiger partial charge in [-0.2, -0.15) is 0 Å². The van der Waals surface area contributed by atoms with Crippen molar-refractivity contribution in [2.24, 2.45) is 0 Å². The van der Waals surface area contributed by atoms with Crippen molar-refractivity contribution in [1.29, 1.82) is 0 Å². The second-order valence-corrected chi connectivity index (χ2v) is 5.79. The molecule has 1 nitrogen and oxygen atoms in total. The number of nitrogens with one attached hydrogen (secondary N) is 1. The zero-order valence-corrected chi connectivity index (χ0v) is 12.3. The zero-order valence-electron chi connectivity index (χ0n) is 11.5. The Hall–Kier alpha value is -1.61. The van der Waals surface area contributed by atoms with Gasteiger partial charge in [0, 0.05) is 6.07 Å². The van der Waals surface area contributed by atoms with Gasteiger partial charge in [-0.05, 0) is 36.5 Å². The highest BCUT2D eigenvalue weighted by Crippen LogP contribution is 2.35. The van der Waals surface area contributed by atoms with Crippen molar-refractivity contribution < 1.29 is 8.78 Å². The van der Waals surface area contributed by atoms with E-state index < -0.39 is 11.6 Å². The van der Waals surface area contributed by atoms with Crippen molar-refractivity contribution in [3.63, 3.8) is 0 Å². The van der Waals surface area contributed by atoms with Gasteiger partial charge < -0.3 is 5.32 Å². The minimum absolute atomic E-state index is 0.00108. The molecule has 0 fully saturated rings. The summed E-state index contributed by atoms with van der Waals surface area (Å²) in [7, 11) is 0. The Morgan fingerprint density at radius 1 is 1.10 bits per heavy atom. The third kappa shape index (κ3) is 3.03. The molecular weight excluding hydrogens is 292 g/mol. The average Bonchev–Trinajstić information content (AvgIpc) is 2.65. The molecule has 1 aliphatic carbocycles. The first kappa shape index (κ1) is 14.3. The van der Waals surface area contributed by atoms with E-state index >= 15 is 0 Å². The van der Waals surface area contributed by atoms with Gasteiger partial charge in [0.2, 0.25) is 0 Å². The Labute approximate surface area is 127 Å². The van der Waals surface area contributed by atoms with E-state index in [-0.39, 0.29) is 16.8 Å². The molecular formula is C17H16ClF2N. The zero-order chi connectivity index (χ0) is 14.8. The Bertz CT molecular complexity index is 634. The fourth-order valence-electron chi connectivity index (χ4n) is 2.93. The van der Waals surface area contributed by atoms with E-state index in [9.17, 15) is 8.78 Å². The lowest BCUT2D eigenvalue weighted by Crippen LogP contribution is -2.13. The number of aryl methyl sites for hydroxylation is 1. The van der Waals surface area contributed by atoms with E-state index in [4.69, 9.17) is 11.6 Å². The first-order chi connectivity index (χ1) is 10.1. The van der Waals surface area contributed by atoms with E-state index in [1.807, 2.05) is 12.1 Å². The number of benzene rings is 2. The van der Waals surface area contributed by atoms with E-state index in [0.717, 1.165) is 37.8 Å². The maximum absolute atomic E-state index is 14.0. The fourth-order valence-corrected chi connectivity index (χ4v) is 3.17. The largest absolute Gasteiger partial charge is 0.375 e. The lowest BCUT2D eigenvalue weighted by Gasteiger charge is -2.21. The molecule has 110 valence electrons. The molecule has 0 saturated heterocycles. The van der Waals surface area contributed by atoms with Gasteiger partial charge in [-0.15, -0.1) is 0 Å². The molecule has 1 N–H and O–H groups in total. The third-order valence-electron chi connectivity index (χ3n) is 3.94. The predicted octanol–water partition coefficient (Wildman–Crippen LogP) is 5.50. The summed E-state index contributed by atoms with van der Waals surface area (Å²) in [6, 6.07) is 10.2. The van der Waals surface area contributed by atoms with Crippen LogP contribution in [0, 0.1) is 11.6 Å². The summed E-state index contributed by atoms with van der Waals surface area (Å²) in [6.45, 7) is 0. The summed E-state index contributed by atoms with van der Waals surface area (Å²) >= 11 is 5.98. The highest BCUT2D eigenvalue weighted by Gasteiger charge is 2.20. The molecule has 0 saturated carbocycles. The first-order valence-electron chi connectivity index (χ1n) is 7.14. The lowest BCUT2D eigenvalue weighted by molar-refractivity contribution is 0.579. The summed E-state index contributed by atoms with van der Waals surface area (Å²) in [5.74, 6) is -1.31. The maximum atomic E-state index is 14.0. The summed E-state index contributed by atoms with van der Waals surface area (Å²) in [6.07, 6.45) is 4.12. The number of fused-ring (bicyclic) bond motifs is 1. The molecule has 1 aliphatic rings. The Morgan fingerprint density at radius 3 is 2.71 bits per heavy atom. The standard InChI is InChI=1S/C17H16ClF2N/c18-14-9-12(19)10-15(20)17(14)21-16-8-4-2-6-11-5-1-3-7-13(11)16/h1,3,5,7,9-10,16,21H,2,4,6,8H2. The van der Waals surface area contributed by atoms with Crippen molar-refractivity contribution in [2.75, 3.05) is 5.32 Å². The minimum atomic E-state index is -0.663. The minimum Gasteiger partial charge on any atom is -0.375 e. The van der Waals surface area contributed by atoms with Crippen LogP contribution in [0.15, 0.2) is 36.4 Å². The summed E-state index contributed by atoms with van der Waals surface area (Å²) in [5.41, 5.74) is 2.64. The number of anilines is 1. The van der Waals surface area contributed by atoms with E-state index in [0.29, 0.717) is 0 Å². The SMILES string of the molecule is Fc1cc(F)c(NC2CCCCc3ccccc32)c(Cl)c1. The van der Waals surface area contributed by atoms with Crippen LogP contribution in [0.1, 0.15) is 36.4 Å². The van der Waals surface area contributed by atoms with E-state index in [1.54, 1.807) is 0 Å². The average molecular weight is 308 g/mol. The number of rotatable bonds is 2. The highest BCUT2D eigenvalue weighted by molar-refractivity contribution is 6.33. The summed E-state index contributed by atoms with van der Waals surface area (Å²) in [4.78, 5) is 0. The van der Waals surface area contributed by atoms with Gasteiger partial charge in [0.25, 0.3) is 0 Å². The van der Waals surface area contributed by atoms with Crippen LogP contribution in [0.4, 0.5) is 14.5 Å². The number of hydrogen-bond acceptors (Lipinski definition) is 1. The van der Waals surface area contributed by atoms with Crippen molar-refractivity contribution in [1.82, 2.24) is 0 Å². The molecule has 3 rings (SSSR count). The first-order valence-corrected chi connectivity index (χ1v) is 7.52. The van der Waals surface area contributed by atoms with Gasteiger partial charge in [-0.1, -0.05) is 42.3 Å². The van der Waals surface area contributed by atoms with Crippen molar-refractivity contribution >= 4 is 17.3 Å². The smallest absolute Gasteiger partial charge is 0.150 e. The summed E-state index contributed by atoms with van der Waals surface area (Å²) in [5, 5.41) is 3.25. The van der Waals surface area contributed by atoms with E-state index in [2.05, 4.69) is 17.4 Å². The molecule has 1 atom stereocenters. The van der Waals surface area contributed by atoms with Crippen molar-refractivity contribution in [3.8, 4) is 0 Å². The molecule has 0 aromatic heterocycles. The molecule has 2 aromatic rings. The molecule has 0 bridgehead atoms. The van der Waals surface area contributed by atoms with Gasteiger partial charge >= 0.3 is 0 Å². The van der Waals surface area contributed by atoms with Gasteiger partial charge in [-0.3, -0.25) is 0 Å². The topological polar surface area (TPSA) is 12.0 Å². The third-order valence-corrected chi connectivity index (χ3v) is 4.24. The molecule has 0 heterocycles. The number of halogens is 3. The van der Waals surface area contributed by atoms with Crippen molar-refractivity contribution in [3.05, 3.63) is 64.2 Å². The molecule has 4 heteroatoms. The molecule has 0 spiro atoms. The quantitative estimate of drug-likeness (QED) is 0.723. The molecule has 2 aromatic carbocycles. The van der Waals surface area contributed by atoms with Crippen LogP contribution in [0.25, 0.3) is 0 Å². The van der Waals surface area contributed by atoms with Crippen LogP contribution in [0.3, 0.4) is 0 Å².